The first kappa shape index (κ1) is 13.6. The van der Waals surface area contributed by atoms with Gasteiger partial charge in [-0.1, -0.05) is 19.1 Å². The lowest BCUT2D eigenvalue weighted by Crippen LogP contribution is -2.27. The van der Waals surface area contributed by atoms with E-state index in [1.165, 1.54) is 7.11 Å². The van der Waals surface area contributed by atoms with Crippen LogP contribution in [0.1, 0.15) is 38.7 Å². The average Bonchev–Trinajstić information content (AvgIpc) is 2.28. The molecule has 0 aromatic heterocycles. The summed E-state index contributed by atoms with van der Waals surface area (Å²) in [4.78, 5) is 11.6. The van der Waals surface area contributed by atoms with E-state index in [2.05, 4.69) is 6.92 Å². The van der Waals surface area contributed by atoms with E-state index in [-0.39, 0.29) is 17.6 Å². The van der Waals surface area contributed by atoms with Gasteiger partial charge in [-0.3, -0.25) is 4.79 Å². The molecule has 1 N–H and O–H groups in total. The summed E-state index contributed by atoms with van der Waals surface area (Å²) in [6.07, 6.45) is 0.713. The monoisotopic (exact) mass is 236 g/mol. The molecule has 0 amide bonds. The largest absolute Gasteiger partial charge is 0.508 e. The summed E-state index contributed by atoms with van der Waals surface area (Å²) in [5.74, 6) is 0.306. The van der Waals surface area contributed by atoms with Gasteiger partial charge in [0.15, 0.2) is 0 Å². The molecule has 0 radical (unpaired) electrons. The molecule has 0 saturated heterocycles. The van der Waals surface area contributed by atoms with Gasteiger partial charge in [-0.25, -0.2) is 0 Å². The lowest BCUT2D eigenvalue weighted by Gasteiger charge is -2.25. The summed E-state index contributed by atoms with van der Waals surface area (Å²) in [7, 11) is 1.41. The van der Waals surface area contributed by atoms with Crippen molar-refractivity contribution in [1.29, 1.82) is 0 Å². The fourth-order valence-corrected chi connectivity index (χ4v) is 2.05. The minimum absolute atomic E-state index is 0.192. The van der Waals surface area contributed by atoms with Gasteiger partial charge in [0.1, 0.15) is 5.75 Å². The Morgan fingerprint density at radius 3 is 2.35 bits per heavy atom. The van der Waals surface area contributed by atoms with Gasteiger partial charge in [0.25, 0.3) is 0 Å². The van der Waals surface area contributed by atoms with Crippen LogP contribution in [0.5, 0.6) is 5.75 Å². The van der Waals surface area contributed by atoms with Crippen LogP contribution in [0.3, 0.4) is 0 Å². The maximum absolute atomic E-state index is 11.6. The molecule has 0 aliphatic heterocycles. The first-order valence-electron chi connectivity index (χ1n) is 5.74. The second-order valence-corrected chi connectivity index (χ2v) is 5.07. The number of benzene rings is 1. The second kappa shape index (κ2) is 5.21. The number of ether oxygens (including phenoxy) is 1. The van der Waals surface area contributed by atoms with E-state index in [0.717, 1.165) is 5.56 Å². The normalized spacial score (nSPS) is 13.2. The Balaban J connectivity index is 2.75. The van der Waals surface area contributed by atoms with E-state index in [1.807, 2.05) is 26.0 Å². The van der Waals surface area contributed by atoms with Crippen molar-refractivity contribution in [2.45, 2.75) is 33.1 Å². The molecule has 94 valence electrons. The Morgan fingerprint density at radius 1 is 1.35 bits per heavy atom. The van der Waals surface area contributed by atoms with Crippen LogP contribution >= 0.6 is 0 Å². The van der Waals surface area contributed by atoms with Crippen molar-refractivity contribution in [3.05, 3.63) is 29.8 Å². The molecule has 1 aromatic carbocycles. The summed E-state index contributed by atoms with van der Waals surface area (Å²) in [5, 5.41) is 9.22. The number of methoxy groups -OCH3 is 1. The molecule has 3 heteroatoms. The molecule has 1 atom stereocenters. The van der Waals surface area contributed by atoms with E-state index in [1.54, 1.807) is 12.1 Å². The lowest BCUT2D eigenvalue weighted by atomic mass is 9.81. The quantitative estimate of drug-likeness (QED) is 0.817. The third-order valence-electron chi connectivity index (χ3n) is 3.02. The zero-order valence-corrected chi connectivity index (χ0v) is 10.9. The van der Waals surface area contributed by atoms with Crippen LogP contribution < -0.4 is 0 Å². The molecule has 1 rings (SSSR count). The summed E-state index contributed by atoms with van der Waals surface area (Å²) in [5.41, 5.74) is 0.617. The zero-order valence-electron chi connectivity index (χ0n) is 10.9. The van der Waals surface area contributed by atoms with Gasteiger partial charge < -0.3 is 9.84 Å². The van der Waals surface area contributed by atoms with Gasteiger partial charge in [-0.15, -0.1) is 0 Å². The first-order chi connectivity index (χ1) is 7.86. The molecular formula is C14H20O3. The summed E-state index contributed by atoms with van der Waals surface area (Å²) >= 11 is 0. The summed E-state index contributed by atoms with van der Waals surface area (Å²) < 4.78 is 4.79. The minimum Gasteiger partial charge on any atom is -0.508 e. The number of carbonyl (C=O) groups excluding carboxylic acids is 1. The minimum atomic E-state index is -0.494. The highest BCUT2D eigenvalue weighted by Crippen LogP contribution is 2.32. The standard InChI is InChI=1S/C14H20O3/c1-10(9-14(2,3)13(16)17-4)11-5-7-12(15)8-6-11/h5-8,10,15H,9H2,1-4H3. The highest BCUT2D eigenvalue weighted by atomic mass is 16.5. The molecule has 17 heavy (non-hydrogen) atoms. The number of rotatable bonds is 4. The molecule has 0 aliphatic rings. The number of hydrogen-bond donors (Lipinski definition) is 1. The number of hydrogen-bond acceptors (Lipinski definition) is 3. The van der Waals surface area contributed by atoms with Crippen molar-refractivity contribution >= 4 is 5.97 Å². The van der Waals surface area contributed by atoms with E-state index in [4.69, 9.17) is 4.74 Å². The van der Waals surface area contributed by atoms with Crippen molar-refractivity contribution in [2.24, 2.45) is 5.41 Å². The topological polar surface area (TPSA) is 46.5 Å². The van der Waals surface area contributed by atoms with Gasteiger partial charge in [0.2, 0.25) is 0 Å². The van der Waals surface area contributed by atoms with E-state index >= 15 is 0 Å². The zero-order chi connectivity index (χ0) is 13.1. The fourth-order valence-electron chi connectivity index (χ4n) is 2.05. The Bertz CT molecular complexity index is 379. The molecule has 1 aromatic rings. The molecule has 0 spiro atoms. The number of esters is 1. The maximum Gasteiger partial charge on any atom is 0.311 e. The van der Waals surface area contributed by atoms with Crippen LogP contribution in [0.2, 0.25) is 0 Å². The third kappa shape index (κ3) is 3.48. The third-order valence-corrected chi connectivity index (χ3v) is 3.02. The van der Waals surface area contributed by atoms with Crippen LogP contribution in [0.15, 0.2) is 24.3 Å². The van der Waals surface area contributed by atoms with Crippen LogP contribution in [0.25, 0.3) is 0 Å². The van der Waals surface area contributed by atoms with Crippen molar-refractivity contribution in [2.75, 3.05) is 7.11 Å². The summed E-state index contributed by atoms with van der Waals surface area (Å²) in [6, 6.07) is 7.09. The van der Waals surface area contributed by atoms with E-state index < -0.39 is 5.41 Å². The van der Waals surface area contributed by atoms with Crippen molar-refractivity contribution in [3.63, 3.8) is 0 Å². The van der Waals surface area contributed by atoms with Crippen LogP contribution in [-0.4, -0.2) is 18.2 Å². The van der Waals surface area contributed by atoms with Crippen molar-refractivity contribution in [1.82, 2.24) is 0 Å². The predicted molar refractivity (Wildman–Crippen MR) is 66.9 cm³/mol. The molecule has 1 unspecified atom stereocenters. The van der Waals surface area contributed by atoms with Crippen LogP contribution in [0, 0.1) is 5.41 Å². The Labute approximate surface area is 102 Å². The van der Waals surface area contributed by atoms with Crippen molar-refractivity contribution < 1.29 is 14.6 Å². The van der Waals surface area contributed by atoms with Gasteiger partial charge >= 0.3 is 5.97 Å². The summed E-state index contributed by atoms with van der Waals surface area (Å²) in [6.45, 7) is 5.84. The van der Waals surface area contributed by atoms with Crippen LogP contribution in [0.4, 0.5) is 0 Å². The number of phenols is 1. The maximum atomic E-state index is 11.6. The van der Waals surface area contributed by atoms with E-state index in [9.17, 15) is 9.90 Å². The molecule has 0 saturated carbocycles. The van der Waals surface area contributed by atoms with Crippen LogP contribution in [-0.2, 0) is 9.53 Å². The number of phenolic OH excluding ortho intramolecular Hbond substituents is 1. The number of carbonyl (C=O) groups is 1. The number of aromatic hydroxyl groups is 1. The van der Waals surface area contributed by atoms with Gasteiger partial charge in [0, 0.05) is 0 Å². The molecule has 0 heterocycles. The smallest absolute Gasteiger partial charge is 0.311 e. The lowest BCUT2D eigenvalue weighted by molar-refractivity contribution is -0.151. The highest BCUT2D eigenvalue weighted by molar-refractivity contribution is 5.75. The second-order valence-electron chi connectivity index (χ2n) is 5.07. The van der Waals surface area contributed by atoms with Crippen molar-refractivity contribution in [3.8, 4) is 5.75 Å². The predicted octanol–water partition coefficient (Wildman–Crippen LogP) is 3.09. The van der Waals surface area contributed by atoms with Gasteiger partial charge in [0.05, 0.1) is 12.5 Å². The van der Waals surface area contributed by atoms with Gasteiger partial charge in [-0.2, -0.15) is 0 Å². The Hall–Kier alpha value is -1.51. The van der Waals surface area contributed by atoms with Gasteiger partial charge in [-0.05, 0) is 43.9 Å². The molecule has 3 nitrogen and oxygen atoms in total. The fraction of sp³-hybridized carbons (Fsp3) is 0.500. The SMILES string of the molecule is COC(=O)C(C)(C)CC(C)c1ccc(O)cc1. The Kier molecular flexibility index (Phi) is 4.16. The average molecular weight is 236 g/mol. The molecule has 0 aliphatic carbocycles. The molecular weight excluding hydrogens is 216 g/mol. The first-order valence-corrected chi connectivity index (χ1v) is 5.74. The van der Waals surface area contributed by atoms with E-state index in [0.29, 0.717) is 6.42 Å². The highest BCUT2D eigenvalue weighted by Gasteiger charge is 2.30. The molecule has 0 fully saturated rings. The Morgan fingerprint density at radius 2 is 1.88 bits per heavy atom. The molecule has 0 bridgehead atoms.